The third-order valence-corrected chi connectivity index (χ3v) is 5.58. The van der Waals surface area contributed by atoms with E-state index in [2.05, 4.69) is 16.9 Å². The highest BCUT2D eigenvalue weighted by Gasteiger charge is 2.41. The number of nitrogens with one attached hydrogen (secondary N) is 1. The van der Waals surface area contributed by atoms with Gasteiger partial charge in [-0.1, -0.05) is 36.5 Å². The van der Waals surface area contributed by atoms with Crippen LogP contribution >= 0.6 is 11.8 Å². The number of nitrogens with zero attached hydrogens (tertiary/aromatic N) is 2. The van der Waals surface area contributed by atoms with E-state index in [-0.39, 0.29) is 18.9 Å². The van der Waals surface area contributed by atoms with E-state index < -0.39 is 17.8 Å². The van der Waals surface area contributed by atoms with Crippen LogP contribution in [0.4, 0.5) is 4.39 Å². The largest absolute Gasteiger partial charge is 0.458 e. The Hall–Kier alpha value is -2.91. The number of esters is 1. The molecule has 0 spiro atoms. The van der Waals surface area contributed by atoms with Gasteiger partial charge >= 0.3 is 5.97 Å². The zero-order valence-corrected chi connectivity index (χ0v) is 18.2. The molecule has 0 radical (unpaired) electrons. The zero-order valence-electron chi connectivity index (χ0n) is 17.4. The molecule has 1 atom stereocenters. The first kappa shape index (κ1) is 22.8. The molecule has 0 aliphatic carbocycles. The van der Waals surface area contributed by atoms with E-state index in [0.717, 1.165) is 0 Å². The van der Waals surface area contributed by atoms with Crippen LogP contribution in [0.5, 0.6) is 0 Å². The second-order valence-corrected chi connectivity index (χ2v) is 7.69. The highest BCUT2D eigenvalue weighted by Crippen LogP contribution is 2.44. The van der Waals surface area contributed by atoms with Gasteiger partial charge in [-0.2, -0.15) is 0 Å². The summed E-state index contributed by atoms with van der Waals surface area (Å²) < 4.78 is 24.3. The minimum Gasteiger partial charge on any atom is -0.458 e. The summed E-state index contributed by atoms with van der Waals surface area (Å²) in [5.74, 6) is -1.17. The molecule has 0 saturated heterocycles. The first-order valence-electron chi connectivity index (χ1n) is 9.69. The Morgan fingerprint density at radius 2 is 2.23 bits per heavy atom. The number of aliphatic imine (C=N–C) groups is 1. The van der Waals surface area contributed by atoms with Gasteiger partial charge in [-0.15, -0.1) is 0 Å². The normalized spacial score (nSPS) is 17.6. The van der Waals surface area contributed by atoms with E-state index in [1.807, 2.05) is 5.41 Å². The summed E-state index contributed by atoms with van der Waals surface area (Å²) in [4.78, 5) is 31.6. The van der Waals surface area contributed by atoms with Crippen molar-refractivity contribution in [2.75, 3.05) is 26.9 Å². The van der Waals surface area contributed by atoms with Gasteiger partial charge in [0.15, 0.2) is 5.17 Å². The van der Waals surface area contributed by atoms with Crippen molar-refractivity contribution in [3.8, 4) is 0 Å². The number of fused-ring (bicyclic) bond motifs is 1. The molecule has 1 aromatic rings. The number of halogens is 1. The lowest BCUT2D eigenvalue weighted by Crippen LogP contribution is -2.38. The molecule has 2 heterocycles. The number of allylic oxidation sites excluding steroid dienone is 1. The molecule has 1 aromatic carbocycles. The van der Waals surface area contributed by atoms with Gasteiger partial charge in [0.05, 0.1) is 30.3 Å². The van der Waals surface area contributed by atoms with Gasteiger partial charge in [0.1, 0.15) is 12.4 Å². The molecule has 3 rings (SSSR count). The lowest BCUT2D eigenvalue weighted by atomic mass is 9.93. The molecule has 1 N–H and O–H groups in total. The van der Waals surface area contributed by atoms with Gasteiger partial charge in [0.2, 0.25) is 5.91 Å². The second-order valence-electron chi connectivity index (χ2n) is 6.85. The highest BCUT2D eigenvalue weighted by molar-refractivity contribution is 8.16. The predicted molar refractivity (Wildman–Crippen MR) is 117 cm³/mol. The van der Waals surface area contributed by atoms with E-state index in [9.17, 15) is 14.0 Å². The van der Waals surface area contributed by atoms with Gasteiger partial charge in [-0.05, 0) is 30.0 Å². The maximum absolute atomic E-state index is 14.1. The first-order valence-corrected chi connectivity index (χ1v) is 10.6. The van der Waals surface area contributed by atoms with Crippen molar-refractivity contribution in [3.63, 3.8) is 0 Å². The maximum atomic E-state index is 14.1. The average Bonchev–Trinajstić information content (AvgIpc) is 3.13. The number of carbonyl (C=O) groups is 2. The van der Waals surface area contributed by atoms with Crippen molar-refractivity contribution in [2.24, 2.45) is 4.99 Å². The molecule has 0 saturated carbocycles. The molecule has 7 nitrogen and oxygen atoms in total. The quantitative estimate of drug-likeness (QED) is 0.357. The zero-order chi connectivity index (χ0) is 22.4. The Balaban J connectivity index is 1.96. The van der Waals surface area contributed by atoms with Crippen LogP contribution in [0, 0.1) is 5.82 Å². The second kappa shape index (κ2) is 10.4. The molecule has 0 fully saturated rings. The van der Waals surface area contributed by atoms with Crippen LogP contribution in [-0.4, -0.2) is 48.8 Å². The average molecular weight is 446 g/mol. The summed E-state index contributed by atoms with van der Waals surface area (Å²) in [6, 6.07) is 5.37. The smallest absolute Gasteiger partial charge is 0.338 e. The lowest BCUT2D eigenvalue weighted by molar-refractivity contribution is -0.138. The Bertz CT molecular complexity index is 973. The molecule has 0 bridgehead atoms. The van der Waals surface area contributed by atoms with Crippen molar-refractivity contribution in [1.82, 2.24) is 10.2 Å². The molecule has 2 aliphatic heterocycles. The number of rotatable bonds is 9. The molecule has 164 valence electrons. The Labute approximate surface area is 184 Å². The number of hydrogen-bond acceptors (Lipinski definition) is 7. The number of ether oxygens (including phenoxy) is 2. The van der Waals surface area contributed by atoms with E-state index >= 15 is 0 Å². The molecular formula is C22H24FN3O4S. The van der Waals surface area contributed by atoms with E-state index in [1.165, 1.54) is 30.0 Å². The SMILES string of the molecule is C=CCOC(=O)C1=C(C)N=C2SC=C(CC(=O)NCCOC)N2C1c1cccc(F)c1. The number of benzene rings is 1. The van der Waals surface area contributed by atoms with Gasteiger partial charge < -0.3 is 19.7 Å². The predicted octanol–water partition coefficient (Wildman–Crippen LogP) is 3.28. The van der Waals surface area contributed by atoms with Gasteiger partial charge in [-0.25, -0.2) is 14.2 Å². The minimum absolute atomic E-state index is 0.0431. The van der Waals surface area contributed by atoms with Crippen molar-refractivity contribution in [3.05, 3.63) is 70.7 Å². The molecule has 2 aliphatic rings. The minimum atomic E-state index is -0.673. The third-order valence-electron chi connectivity index (χ3n) is 4.69. The van der Waals surface area contributed by atoms with Gasteiger partial charge in [0.25, 0.3) is 0 Å². The molecule has 0 aromatic heterocycles. The van der Waals surface area contributed by atoms with E-state index in [0.29, 0.717) is 40.8 Å². The number of amides is 1. The molecule has 1 amide bonds. The summed E-state index contributed by atoms with van der Waals surface area (Å²) in [6.45, 7) is 6.13. The van der Waals surface area contributed by atoms with Crippen molar-refractivity contribution < 1.29 is 23.5 Å². The number of amidine groups is 1. The maximum Gasteiger partial charge on any atom is 0.338 e. The number of carbonyl (C=O) groups excluding carboxylic acids is 2. The summed E-state index contributed by atoms with van der Waals surface area (Å²) in [7, 11) is 1.56. The van der Waals surface area contributed by atoms with Crippen LogP contribution in [0.3, 0.4) is 0 Å². The topological polar surface area (TPSA) is 80.2 Å². The molecule has 9 heteroatoms. The van der Waals surface area contributed by atoms with Crippen molar-refractivity contribution in [1.29, 1.82) is 0 Å². The summed E-state index contributed by atoms with van der Waals surface area (Å²) in [6.07, 6.45) is 1.56. The number of methoxy groups -OCH3 is 1. The molecule has 31 heavy (non-hydrogen) atoms. The fraction of sp³-hybridized carbons (Fsp3) is 0.318. The van der Waals surface area contributed by atoms with E-state index in [4.69, 9.17) is 9.47 Å². The Morgan fingerprint density at radius 3 is 2.94 bits per heavy atom. The van der Waals surface area contributed by atoms with Gasteiger partial charge in [-0.3, -0.25) is 4.79 Å². The van der Waals surface area contributed by atoms with Gasteiger partial charge in [0, 0.05) is 19.4 Å². The standard InChI is InChI=1S/C22H24FN3O4S/c1-4-9-30-21(28)19-14(2)25-22-26(20(19)15-6-5-7-16(23)11-15)17(13-31-22)12-18(27)24-8-10-29-3/h4-7,11,13,20H,1,8-10,12H2,2-3H3,(H,24,27). The highest BCUT2D eigenvalue weighted by atomic mass is 32.2. The monoisotopic (exact) mass is 445 g/mol. The summed E-state index contributed by atoms with van der Waals surface area (Å²) in [5.41, 5.74) is 2.01. The van der Waals surface area contributed by atoms with Crippen LogP contribution in [0.1, 0.15) is 24.9 Å². The number of thioether (sulfide) groups is 1. The summed E-state index contributed by atoms with van der Waals surface area (Å²) in [5, 5.41) is 5.23. The molecule has 1 unspecified atom stereocenters. The van der Waals surface area contributed by atoms with Crippen LogP contribution in [0.15, 0.2) is 64.3 Å². The van der Waals surface area contributed by atoms with E-state index in [1.54, 1.807) is 31.1 Å². The van der Waals surface area contributed by atoms with Crippen molar-refractivity contribution in [2.45, 2.75) is 19.4 Å². The van der Waals surface area contributed by atoms with Crippen LogP contribution in [-0.2, 0) is 19.1 Å². The third kappa shape index (κ3) is 5.23. The first-order chi connectivity index (χ1) is 15.0. The molecular weight excluding hydrogens is 421 g/mol. The Morgan fingerprint density at radius 1 is 1.42 bits per heavy atom. The Kier molecular flexibility index (Phi) is 7.64. The summed E-state index contributed by atoms with van der Waals surface area (Å²) >= 11 is 1.36. The van der Waals surface area contributed by atoms with Crippen LogP contribution in [0.2, 0.25) is 0 Å². The van der Waals surface area contributed by atoms with Crippen LogP contribution in [0.25, 0.3) is 0 Å². The van der Waals surface area contributed by atoms with Crippen LogP contribution < -0.4 is 5.32 Å². The lowest BCUT2D eigenvalue weighted by Gasteiger charge is -2.36. The fourth-order valence-electron chi connectivity index (χ4n) is 3.35. The number of hydrogen-bond donors (Lipinski definition) is 1. The fourth-order valence-corrected chi connectivity index (χ4v) is 4.32. The van der Waals surface area contributed by atoms with Crippen molar-refractivity contribution >= 4 is 28.8 Å².